The lowest BCUT2D eigenvalue weighted by atomic mass is 10.2. The Kier molecular flexibility index (Phi) is 3.04. The van der Waals surface area contributed by atoms with Crippen molar-refractivity contribution in [1.82, 2.24) is 9.97 Å². The Hall–Kier alpha value is -1.79. The number of fused-ring (bicyclic) bond motifs is 1. The Labute approximate surface area is 120 Å². The lowest BCUT2D eigenvalue weighted by Gasteiger charge is -1.96. The highest BCUT2D eigenvalue weighted by molar-refractivity contribution is 9.10. The lowest BCUT2D eigenvalue weighted by Crippen LogP contribution is -1.94. The number of aromatic nitrogens is 2. The molecule has 2 aromatic heterocycles. The summed E-state index contributed by atoms with van der Waals surface area (Å²) >= 11 is 4.87. The second kappa shape index (κ2) is 4.71. The molecule has 0 bridgehead atoms. The molecule has 0 aliphatic carbocycles. The molecule has 0 saturated heterocycles. The van der Waals surface area contributed by atoms with Crippen molar-refractivity contribution >= 4 is 43.5 Å². The molecule has 0 aliphatic heterocycles. The van der Waals surface area contributed by atoms with Crippen molar-refractivity contribution in [3.05, 3.63) is 46.6 Å². The molecule has 0 unspecified atom stereocenters. The summed E-state index contributed by atoms with van der Waals surface area (Å²) in [7, 11) is 0. The van der Waals surface area contributed by atoms with Crippen LogP contribution in [0.4, 0.5) is 0 Å². The van der Waals surface area contributed by atoms with Crippen LogP contribution in [0.2, 0.25) is 0 Å². The highest BCUT2D eigenvalue weighted by Gasteiger charge is 2.12. The van der Waals surface area contributed by atoms with Gasteiger partial charge in [-0.25, -0.2) is 9.78 Å². The second-order valence-corrected chi connectivity index (χ2v) is 5.73. The third-order valence-corrected chi connectivity index (χ3v) is 4.26. The maximum atomic E-state index is 10.9. The molecule has 3 aromatic rings. The Balaban J connectivity index is 2.17. The third kappa shape index (κ3) is 2.24. The summed E-state index contributed by atoms with van der Waals surface area (Å²) in [5.74, 6) is -0.934. The second-order valence-electron chi connectivity index (χ2n) is 3.84. The number of aromatic carboxylic acids is 1. The average Bonchev–Trinajstić information content (AvgIpc) is 2.81. The molecular weight excluding hydrogens is 328 g/mol. The quantitative estimate of drug-likeness (QED) is 0.773. The number of carboxylic acid groups (broad SMARTS) is 1. The highest BCUT2D eigenvalue weighted by atomic mass is 79.9. The van der Waals surface area contributed by atoms with Crippen LogP contribution in [0.1, 0.15) is 10.4 Å². The van der Waals surface area contributed by atoms with Gasteiger partial charge in [0.2, 0.25) is 0 Å². The molecular formula is C13H7BrN2O2S. The van der Waals surface area contributed by atoms with E-state index in [4.69, 9.17) is 5.11 Å². The number of halogens is 1. The van der Waals surface area contributed by atoms with E-state index in [2.05, 4.69) is 25.9 Å². The lowest BCUT2D eigenvalue weighted by molar-refractivity contribution is 0.0697. The van der Waals surface area contributed by atoms with E-state index in [9.17, 15) is 4.79 Å². The zero-order valence-electron chi connectivity index (χ0n) is 9.50. The number of pyridine rings is 1. The van der Waals surface area contributed by atoms with Crippen molar-refractivity contribution in [2.75, 3.05) is 0 Å². The summed E-state index contributed by atoms with van der Waals surface area (Å²) in [6.07, 6.45) is 1.70. The number of hydrogen-bond acceptors (Lipinski definition) is 4. The molecule has 4 nitrogen and oxygen atoms in total. The van der Waals surface area contributed by atoms with Crippen molar-refractivity contribution in [3.63, 3.8) is 0 Å². The molecule has 3 rings (SSSR count). The Bertz CT molecular complexity index is 785. The van der Waals surface area contributed by atoms with Gasteiger partial charge in [0, 0.05) is 10.7 Å². The molecule has 0 fully saturated rings. The van der Waals surface area contributed by atoms with E-state index in [0.717, 1.165) is 25.4 Å². The van der Waals surface area contributed by atoms with Gasteiger partial charge in [0.1, 0.15) is 10.7 Å². The van der Waals surface area contributed by atoms with Gasteiger partial charge >= 0.3 is 5.97 Å². The van der Waals surface area contributed by atoms with Gasteiger partial charge in [-0.1, -0.05) is 0 Å². The zero-order chi connectivity index (χ0) is 13.4. The number of carboxylic acids is 1. The van der Waals surface area contributed by atoms with Crippen molar-refractivity contribution in [1.29, 1.82) is 0 Å². The molecule has 2 heterocycles. The Morgan fingerprint density at radius 2 is 2.16 bits per heavy atom. The van der Waals surface area contributed by atoms with E-state index >= 15 is 0 Å². The van der Waals surface area contributed by atoms with Crippen molar-refractivity contribution in [2.24, 2.45) is 0 Å². The van der Waals surface area contributed by atoms with Crippen LogP contribution in [0, 0.1) is 0 Å². The van der Waals surface area contributed by atoms with E-state index in [0.29, 0.717) is 0 Å². The molecule has 0 radical (unpaired) electrons. The first-order valence-corrected chi connectivity index (χ1v) is 7.01. The predicted octanol–water partition coefficient (Wildman–Crippen LogP) is 3.82. The Morgan fingerprint density at radius 1 is 1.32 bits per heavy atom. The van der Waals surface area contributed by atoms with E-state index in [1.807, 2.05) is 12.1 Å². The number of nitrogens with zero attached hydrogens (tertiary/aromatic N) is 2. The van der Waals surface area contributed by atoms with Crippen LogP contribution in [0.15, 0.2) is 41.0 Å². The number of hydrogen-bond donors (Lipinski definition) is 1. The molecule has 94 valence electrons. The third-order valence-electron chi connectivity index (χ3n) is 2.60. The van der Waals surface area contributed by atoms with Crippen LogP contribution >= 0.6 is 27.3 Å². The summed E-state index contributed by atoms with van der Waals surface area (Å²) in [5, 5.41) is 9.75. The fraction of sp³-hybridized carbons (Fsp3) is 0. The van der Waals surface area contributed by atoms with Crippen LogP contribution in [0.5, 0.6) is 0 Å². The first kappa shape index (κ1) is 12.3. The summed E-state index contributed by atoms with van der Waals surface area (Å²) in [6.45, 7) is 0. The average molecular weight is 335 g/mol. The number of carbonyl (C=O) groups is 1. The molecule has 0 saturated carbocycles. The zero-order valence-corrected chi connectivity index (χ0v) is 11.9. The van der Waals surface area contributed by atoms with Crippen LogP contribution in [0.25, 0.3) is 20.9 Å². The number of benzene rings is 1. The fourth-order valence-electron chi connectivity index (χ4n) is 1.70. The van der Waals surface area contributed by atoms with Crippen LogP contribution in [0.3, 0.4) is 0 Å². The van der Waals surface area contributed by atoms with Crippen molar-refractivity contribution in [3.8, 4) is 10.7 Å². The first-order valence-electron chi connectivity index (χ1n) is 5.40. The summed E-state index contributed by atoms with van der Waals surface area (Å²) in [5.41, 5.74) is 1.81. The first-order chi connectivity index (χ1) is 9.15. The van der Waals surface area contributed by atoms with E-state index in [1.165, 1.54) is 11.3 Å². The van der Waals surface area contributed by atoms with Gasteiger partial charge in [-0.2, -0.15) is 0 Å². The maximum absolute atomic E-state index is 10.9. The number of thiazole rings is 1. The normalized spacial score (nSPS) is 10.8. The molecule has 1 aromatic carbocycles. The monoisotopic (exact) mass is 334 g/mol. The smallest absolute Gasteiger partial charge is 0.335 e. The summed E-state index contributed by atoms with van der Waals surface area (Å²) in [4.78, 5) is 19.7. The van der Waals surface area contributed by atoms with Gasteiger partial charge in [0.25, 0.3) is 0 Å². The van der Waals surface area contributed by atoms with Crippen LogP contribution in [-0.2, 0) is 0 Å². The summed E-state index contributed by atoms with van der Waals surface area (Å²) < 4.78 is 1.71. The van der Waals surface area contributed by atoms with Crippen LogP contribution in [-0.4, -0.2) is 21.0 Å². The molecule has 19 heavy (non-hydrogen) atoms. The number of rotatable bonds is 2. The van der Waals surface area contributed by atoms with Gasteiger partial charge in [-0.3, -0.25) is 4.98 Å². The van der Waals surface area contributed by atoms with Gasteiger partial charge in [0.15, 0.2) is 0 Å². The van der Waals surface area contributed by atoms with E-state index < -0.39 is 5.97 Å². The molecule has 0 amide bonds. The largest absolute Gasteiger partial charge is 0.478 e. The van der Waals surface area contributed by atoms with E-state index in [1.54, 1.807) is 24.4 Å². The van der Waals surface area contributed by atoms with Gasteiger partial charge in [0.05, 0.1) is 15.8 Å². The summed E-state index contributed by atoms with van der Waals surface area (Å²) in [6, 6.07) is 8.65. The topological polar surface area (TPSA) is 63.1 Å². The van der Waals surface area contributed by atoms with Gasteiger partial charge in [-0.05, 0) is 46.3 Å². The van der Waals surface area contributed by atoms with Gasteiger partial charge in [-0.15, -0.1) is 11.3 Å². The SMILES string of the molecule is O=C(O)c1ccc2nc(-c3ncccc3Br)sc2c1. The molecule has 6 heteroatoms. The molecule has 0 spiro atoms. The molecule has 0 aliphatic rings. The molecule has 1 N–H and O–H groups in total. The van der Waals surface area contributed by atoms with Gasteiger partial charge < -0.3 is 5.11 Å². The standard InChI is InChI=1S/C13H7BrN2O2S/c14-8-2-1-5-15-11(8)12-16-9-4-3-7(13(17)18)6-10(9)19-12/h1-6H,(H,17,18). The van der Waals surface area contributed by atoms with Crippen molar-refractivity contribution in [2.45, 2.75) is 0 Å². The minimum Gasteiger partial charge on any atom is -0.478 e. The minimum absolute atomic E-state index is 0.266. The minimum atomic E-state index is -0.934. The van der Waals surface area contributed by atoms with E-state index in [-0.39, 0.29) is 5.56 Å². The maximum Gasteiger partial charge on any atom is 0.335 e. The fourth-order valence-corrected chi connectivity index (χ4v) is 3.29. The highest BCUT2D eigenvalue weighted by Crippen LogP contribution is 2.33. The van der Waals surface area contributed by atoms with Crippen molar-refractivity contribution < 1.29 is 9.90 Å². The molecule has 0 atom stereocenters. The predicted molar refractivity (Wildman–Crippen MR) is 77.5 cm³/mol. The Morgan fingerprint density at radius 3 is 2.89 bits per heavy atom. The van der Waals surface area contributed by atoms with Crippen LogP contribution < -0.4 is 0 Å².